The van der Waals surface area contributed by atoms with Crippen LogP contribution in [0.2, 0.25) is 0 Å². The fourth-order valence-corrected chi connectivity index (χ4v) is 4.94. The Balaban J connectivity index is 1.21. The molecule has 0 N–H and O–H groups in total. The highest BCUT2D eigenvalue weighted by Gasteiger charge is 2.36. The summed E-state index contributed by atoms with van der Waals surface area (Å²) in [5, 5.41) is 2.20. The molecule has 1 saturated heterocycles. The van der Waals surface area contributed by atoms with E-state index in [9.17, 15) is 4.79 Å². The molecule has 1 amide bonds. The zero-order valence-electron chi connectivity index (χ0n) is 15.2. The van der Waals surface area contributed by atoms with Crippen LogP contribution in [0, 0.1) is 0 Å². The van der Waals surface area contributed by atoms with Gasteiger partial charge in [0.2, 0.25) is 0 Å². The standard InChI is InChI=1S/C23H22N2OS/c26-23(19-8-6-18(7-9-19)17-4-2-1-3-5-17)25-15-21(16-25)24-12-10-22-20(14-24)11-13-27-22/h1-9,11,13,21H,10,12,14-16H2. The van der Waals surface area contributed by atoms with Crippen LogP contribution < -0.4 is 0 Å². The van der Waals surface area contributed by atoms with Crippen molar-refractivity contribution in [2.45, 2.75) is 19.0 Å². The zero-order chi connectivity index (χ0) is 18.2. The number of hydrogen-bond acceptors (Lipinski definition) is 3. The van der Waals surface area contributed by atoms with Gasteiger partial charge < -0.3 is 4.90 Å². The number of hydrogen-bond donors (Lipinski definition) is 0. The first-order chi connectivity index (χ1) is 13.3. The van der Waals surface area contributed by atoms with Crippen LogP contribution in [0.5, 0.6) is 0 Å². The lowest BCUT2D eigenvalue weighted by Gasteiger charge is -2.46. The van der Waals surface area contributed by atoms with Gasteiger partial charge in [-0.3, -0.25) is 9.69 Å². The average Bonchev–Trinajstić information content (AvgIpc) is 3.15. The third-order valence-corrected chi connectivity index (χ3v) is 6.77. The van der Waals surface area contributed by atoms with E-state index in [1.54, 1.807) is 0 Å². The van der Waals surface area contributed by atoms with Gasteiger partial charge >= 0.3 is 0 Å². The van der Waals surface area contributed by atoms with E-state index in [1.807, 2.05) is 58.7 Å². The Bertz CT molecular complexity index is 942. The summed E-state index contributed by atoms with van der Waals surface area (Å²) >= 11 is 1.88. The van der Waals surface area contributed by atoms with Gasteiger partial charge in [0.15, 0.2) is 0 Å². The van der Waals surface area contributed by atoms with Crippen molar-refractivity contribution >= 4 is 17.2 Å². The third kappa shape index (κ3) is 3.20. The molecule has 0 radical (unpaired) electrons. The van der Waals surface area contributed by atoms with Crippen molar-refractivity contribution in [3.05, 3.63) is 82.0 Å². The van der Waals surface area contributed by atoms with Crippen molar-refractivity contribution in [2.24, 2.45) is 0 Å². The van der Waals surface area contributed by atoms with Gasteiger partial charge in [-0.2, -0.15) is 0 Å². The predicted octanol–water partition coefficient (Wildman–Crippen LogP) is 4.30. The molecule has 136 valence electrons. The third-order valence-electron chi connectivity index (χ3n) is 5.74. The number of amides is 1. The van der Waals surface area contributed by atoms with Gasteiger partial charge in [-0.05, 0) is 46.7 Å². The maximum Gasteiger partial charge on any atom is 0.253 e. The fraction of sp³-hybridized carbons (Fsp3) is 0.261. The number of carbonyl (C=O) groups is 1. The second-order valence-electron chi connectivity index (χ2n) is 7.40. The summed E-state index contributed by atoms with van der Waals surface area (Å²) in [5.74, 6) is 0.152. The lowest BCUT2D eigenvalue weighted by molar-refractivity contribution is 0.0221. The maximum absolute atomic E-state index is 12.8. The Morgan fingerprint density at radius 2 is 1.67 bits per heavy atom. The molecule has 2 aromatic carbocycles. The van der Waals surface area contributed by atoms with E-state index < -0.39 is 0 Å². The normalized spacial score (nSPS) is 17.4. The molecule has 5 rings (SSSR count). The number of benzene rings is 2. The molecule has 0 aliphatic carbocycles. The van der Waals surface area contributed by atoms with Crippen LogP contribution in [0.15, 0.2) is 66.0 Å². The first-order valence-electron chi connectivity index (χ1n) is 9.52. The van der Waals surface area contributed by atoms with Crippen LogP contribution in [0.1, 0.15) is 20.8 Å². The second-order valence-corrected chi connectivity index (χ2v) is 8.40. The molecule has 0 saturated carbocycles. The van der Waals surface area contributed by atoms with E-state index in [1.165, 1.54) is 16.0 Å². The van der Waals surface area contributed by atoms with E-state index in [0.717, 1.165) is 43.7 Å². The number of fused-ring (bicyclic) bond motifs is 1. The van der Waals surface area contributed by atoms with Gasteiger partial charge in [-0.15, -0.1) is 11.3 Å². The summed E-state index contributed by atoms with van der Waals surface area (Å²) in [4.78, 5) is 18.8. The summed E-state index contributed by atoms with van der Waals surface area (Å²) in [6.07, 6.45) is 1.15. The monoisotopic (exact) mass is 374 g/mol. The summed E-state index contributed by atoms with van der Waals surface area (Å²) in [6, 6.07) is 21.0. The lowest BCUT2D eigenvalue weighted by Crippen LogP contribution is -2.61. The first-order valence-corrected chi connectivity index (χ1v) is 10.4. The van der Waals surface area contributed by atoms with Gasteiger partial charge in [0, 0.05) is 42.7 Å². The first kappa shape index (κ1) is 16.7. The Labute approximate surface area is 163 Å². The predicted molar refractivity (Wildman–Crippen MR) is 110 cm³/mol. The Morgan fingerprint density at radius 1 is 0.926 bits per heavy atom. The van der Waals surface area contributed by atoms with Gasteiger partial charge in [0.1, 0.15) is 0 Å². The SMILES string of the molecule is O=C(c1ccc(-c2ccccc2)cc1)N1CC(N2CCc3sccc3C2)C1. The van der Waals surface area contributed by atoms with Gasteiger partial charge in [-0.1, -0.05) is 42.5 Å². The summed E-state index contributed by atoms with van der Waals surface area (Å²) < 4.78 is 0. The molecule has 1 fully saturated rings. The van der Waals surface area contributed by atoms with Crippen LogP contribution in [0.4, 0.5) is 0 Å². The number of likely N-dealkylation sites (tertiary alicyclic amines) is 1. The molecule has 1 aromatic heterocycles. The van der Waals surface area contributed by atoms with Crippen molar-refractivity contribution in [1.82, 2.24) is 9.80 Å². The van der Waals surface area contributed by atoms with Gasteiger partial charge in [0.05, 0.1) is 0 Å². The zero-order valence-corrected chi connectivity index (χ0v) is 16.0. The average molecular weight is 375 g/mol. The Morgan fingerprint density at radius 3 is 2.44 bits per heavy atom. The van der Waals surface area contributed by atoms with Crippen molar-refractivity contribution < 1.29 is 4.79 Å². The smallest absolute Gasteiger partial charge is 0.253 e. The van der Waals surface area contributed by atoms with Crippen LogP contribution in [-0.2, 0) is 13.0 Å². The topological polar surface area (TPSA) is 23.6 Å². The van der Waals surface area contributed by atoms with Crippen LogP contribution >= 0.6 is 11.3 Å². The molecule has 0 atom stereocenters. The highest BCUT2D eigenvalue weighted by Crippen LogP contribution is 2.28. The van der Waals surface area contributed by atoms with E-state index in [2.05, 4.69) is 28.5 Å². The number of nitrogens with zero attached hydrogens (tertiary/aromatic N) is 2. The minimum Gasteiger partial charge on any atom is -0.335 e. The highest BCUT2D eigenvalue weighted by molar-refractivity contribution is 7.10. The molecule has 0 unspecified atom stereocenters. The molecule has 27 heavy (non-hydrogen) atoms. The second kappa shape index (κ2) is 6.95. The van der Waals surface area contributed by atoms with Gasteiger partial charge in [-0.25, -0.2) is 0 Å². The molecule has 2 aliphatic rings. The molecule has 3 heterocycles. The summed E-state index contributed by atoms with van der Waals surface area (Å²) in [6.45, 7) is 3.85. The fourth-order valence-electron chi connectivity index (χ4n) is 4.05. The molecule has 0 spiro atoms. The van der Waals surface area contributed by atoms with Gasteiger partial charge in [0.25, 0.3) is 5.91 Å². The van der Waals surface area contributed by atoms with Crippen molar-refractivity contribution in [1.29, 1.82) is 0 Å². The minimum absolute atomic E-state index is 0.152. The van der Waals surface area contributed by atoms with Crippen molar-refractivity contribution in [2.75, 3.05) is 19.6 Å². The molecular formula is C23H22N2OS. The van der Waals surface area contributed by atoms with Crippen molar-refractivity contribution in [3.8, 4) is 11.1 Å². The van der Waals surface area contributed by atoms with E-state index in [4.69, 9.17) is 0 Å². The quantitative estimate of drug-likeness (QED) is 0.682. The Hall–Kier alpha value is -2.43. The number of thiophene rings is 1. The van der Waals surface area contributed by atoms with Crippen LogP contribution in [0.25, 0.3) is 11.1 Å². The van der Waals surface area contributed by atoms with E-state index >= 15 is 0 Å². The van der Waals surface area contributed by atoms with Crippen molar-refractivity contribution in [3.63, 3.8) is 0 Å². The Kier molecular flexibility index (Phi) is 4.30. The highest BCUT2D eigenvalue weighted by atomic mass is 32.1. The number of carbonyl (C=O) groups excluding carboxylic acids is 1. The molecule has 0 bridgehead atoms. The van der Waals surface area contributed by atoms with E-state index in [0.29, 0.717) is 6.04 Å². The molecule has 4 heteroatoms. The lowest BCUT2D eigenvalue weighted by atomic mass is 10.00. The molecule has 2 aliphatic heterocycles. The molecular weight excluding hydrogens is 352 g/mol. The maximum atomic E-state index is 12.8. The minimum atomic E-state index is 0.152. The number of rotatable bonds is 3. The summed E-state index contributed by atoms with van der Waals surface area (Å²) in [5.41, 5.74) is 4.59. The van der Waals surface area contributed by atoms with E-state index in [-0.39, 0.29) is 5.91 Å². The van der Waals surface area contributed by atoms with Crippen LogP contribution in [0.3, 0.4) is 0 Å². The molecule has 3 nitrogen and oxygen atoms in total. The molecule has 3 aromatic rings. The van der Waals surface area contributed by atoms with Crippen LogP contribution in [-0.4, -0.2) is 41.4 Å². The summed E-state index contributed by atoms with van der Waals surface area (Å²) in [7, 11) is 0. The largest absolute Gasteiger partial charge is 0.335 e.